The van der Waals surface area contributed by atoms with Crippen molar-refractivity contribution in [3.8, 4) is 11.1 Å². The number of hydrogen-bond acceptors (Lipinski definition) is 2. The number of aromatic nitrogens is 2. The molecule has 2 aromatic heterocycles. The second-order valence-electron chi connectivity index (χ2n) is 5.13. The van der Waals surface area contributed by atoms with Crippen LogP contribution in [0.2, 0.25) is 0 Å². The van der Waals surface area contributed by atoms with Crippen molar-refractivity contribution < 1.29 is 0 Å². The highest BCUT2D eigenvalue weighted by Crippen LogP contribution is 2.43. The average molecular weight is 249 g/mol. The average Bonchev–Trinajstić information content (AvgIpc) is 2.86. The van der Waals surface area contributed by atoms with E-state index < -0.39 is 0 Å². The summed E-state index contributed by atoms with van der Waals surface area (Å²) in [6.07, 6.45) is 3.97. The minimum Gasteiger partial charge on any atom is -0.367 e. The van der Waals surface area contributed by atoms with E-state index in [1.807, 2.05) is 6.20 Å². The number of anilines is 1. The zero-order valence-electron chi connectivity index (χ0n) is 11.0. The first-order valence-electron chi connectivity index (χ1n) is 6.55. The summed E-state index contributed by atoms with van der Waals surface area (Å²) < 4.78 is 0. The van der Waals surface area contributed by atoms with Crippen LogP contribution in [0.15, 0.2) is 42.7 Å². The molecule has 19 heavy (non-hydrogen) atoms. The van der Waals surface area contributed by atoms with Crippen LogP contribution in [0, 0.1) is 0 Å². The van der Waals surface area contributed by atoms with E-state index in [0.29, 0.717) is 6.04 Å². The van der Waals surface area contributed by atoms with Crippen LogP contribution in [0.3, 0.4) is 0 Å². The largest absolute Gasteiger partial charge is 0.367 e. The summed E-state index contributed by atoms with van der Waals surface area (Å²) in [6.45, 7) is 2.24. The number of pyridine rings is 1. The van der Waals surface area contributed by atoms with Crippen LogP contribution in [0.4, 0.5) is 5.69 Å². The van der Waals surface area contributed by atoms with Crippen LogP contribution in [0.5, 0.6) is 0 Å². The Kier molecular flexibility index (Phi) is 2.01. The molecule has 1 unspecified atom stereocenters. The van der Waals surface area contributed by atoms with Crippen LogP contribution in [-0.2, 0) is 0 Å². The molecule has 0 fully saturated rings. The van der Waals surface area contributed by atoms with E-state index in [4.69, 9.17) is 0 Å². The Labute approximate surface area is 111 Å². The molecule has 3 nitrogen and oxygen atoms in total. The molecule has 0 spiro atoms. The second-order valence-corrected chi connectivity index (χ2v) is 5.13. The summed E-state index contributed by atoms with van der Waals surface area (Å²) in [6, 6.07) is 11.0. The lowest BCUT2D eigenvalue weighted by Gasteiger charge is -2.26. The summed E-state index contributed by atoms with van der Waals surface area (Å²) in [5.74, 6) is 0. The Morgan fingerprint density at radius 1 is 1.16 bits per heavy atom. The number of nitrogens with one attached hydrogen (secondary N) is 1. The minimum absolute atomic E-state index is 0.334. The molecule has 4 rings (SSSR count). The Morgan fingerprint density at radius 3 is 2.89 bits per heavy atom. The van der Waals surface area contributed by atoms with Gasteiger partial charge in [-0.2, -0.15) is 0 Å². The fraction of sp³-hybridized carbons (Fsp3) is 0.188. The number of rotatable bonds is 0. The smallest absolute Gasteiger partial charge is 0.138 e. The maximum atomic E-state index is 4.44. The Balaban J connectivity index is 2.20. The van der Waals surface area contributed by atoms with Crippen LogP contribution in [0.1, 0.15) is 18.5 Å². The Morgan fingerprint density at radius 2 is 2.00 bits per heavy atom. The van der Waals surface area contributed by atoms with Gasteiger partial charge in [-0.3, -0.25) is 0 Å². The topological polar surface area (TPSA) is 31.9 Å². The van der Waals surface area contributed by atoms with Crippen LogP contribution in [-0.4, -0.2) is 17.0 Å². The van der Waals surface area contributed by atoms with E-state index in [1.54, 1.807) is 0 Å². The summed E-state index contributed by atoms with van der Waals surface area (Å²) in [5, 5.41) is 1.26. The fourth-order valence-corrected chi connectivity index (χ4v) is 3.06. The van der Waals surface area contributed by atoms with Crippen molar-refractivity contribution in [2.75, 3.05) is 11.9 Å². The molecule has 0 bridgehead atoms. The molecule has 0 saturated heterocycles. The van der Waals surface area contributed by atoms with Gasteiger partial charge in [0, 0.05) is 41.6 Å². The van der Waals surface area contributed by atoms with Crippen LogP contribution < -0.4 is 4.90 Å². The van der Waals surface area contributed by atoms with Gasteiger partial charge in [0.15, 0.2) is 0 Å². The molecule has 1 atom stereocenters. The van der Waals surface area contributed by atoms with Crippen molar-refractivity contribution in [1.82, 2.24) is 9.97 Å². The van der Waals surface area contributed by atoms with Gasteiger partial charge in [0.1, 0.15) is 5.65 Å². The van der Waals surface area contributed by atoms with Crippen molar-refractivity contribution in [3.63, 3.8) is 0 Å². The zero-order valence-corrected chi connectivity index (χ0v) is 11.0. The van der Waals surface area contributed by atoms with Crippen molar-refractivity contribution in [1.29, 1.82) is 0 Å². The number of fused-ring (bicyclic) bond motifs is 2. The third-order valence-corrected chi connectivity index (χ3v) is 4.21. The van der Waals surface area contributed by atoms with E-state index in [1.165, 1.54) is 27.8 Å². The molecular formula is C16H15N3. The normalized spacial score (nSPS) is 17.4. The number of aromatic amines is 1. The quantitative estimate of drug-likeness (QED) is 0.658. The van der Waals surface area contributed by atoms with E-state index >= 15 is 0 Å². The highest BCUT2D eigenvalue weighted by molar-refractivity contribution is 6.00. The second kappa shape index (κ2) is 3.60. The lowest BCUT2D eigenvalue weighted by molar-refractivity contribution is 0.749. The summed E-state index contributed by atoms with van der Waals surface area (Å²) in [4.78, 5) is 10.1. The van der Waals surface area contributed by atoms with Crippen LogP contribution in [0.25, 0.3) is 22.2 Å². The number of nitrogens with zero attached hydrogens (tertiary/aromatic N) is 2. The molecule has 0 saturated carbocycles. The molecular weight excluding hydrogens is 234 g/mol. The SMILES string of the molecule is CC1c2c[nH]c3nccc(c23)-c2ccccc2N1C. The number of para-hydroxylation sites is 1. The Bertz CT molecular complexity index is 773. The molecule has 1 aromatic carbocycles. The van der Waals surface area contributed by atoms with Gasteiger partial charge in [-0.1, -0.05) is 18.2 Å². The first-order chi connectivity index (χ1) is 9.27. The monoisotopic (exact) mass is 249 g/mol. The number of benzene rings is 1. The third kappa shape index (κ3) is 1.30. The maximum absolute atomic E-state index is 4.44. The highest BCUT2D eigenvalue weighted by Gasteiger charge is 2.25. The summed E-state index contributed by atoms with van der Waals surface area (Å²) in [5.41, 5.74) is 6.12. The molecule has 0 aliphatic carbocycles. The molecule has 3 aromatic rings. The van der Waals surface area contributed by atoms with Gasteiger partial charge in [0.2, 0.25) is 0 Å². The highest BCUT2D eigenvalue weighted by atomic mass is 15.1. The van der Waals surface area contributed by atoms with Gasteiger partial charge in [0.25, 0.3) is 0 Å². The molecule has 3 heterocycles. The maximum Gasteiger partial charge on any atom is 0.138 e. The van der Waals surface area contributed by atoms with Gasteiger partial charge in [-0.25, -0.2) is 4.98 Å². The molecule has 3 heteroatoms. The molecule has 0 amide bonds. The van der Waals surface area contributed by atoms with Crippen molar-refractivity contribution in [3.05, 3.63) is 48.3 Å². The van der Waals surface area contributed by atoms with Gasteiger partial charge < -0.3 is 9.88 Å². The van der Waals surface area contributed by atoms with Crippen molar-refractivity contribution in [2.24, 2.45) is 0 Å². The van der Waals surface area contributed by atoms with Crippen LogP contribution >= 0.6 is 0 Å². The van der Waals surface area contributed by atoms with Gasteiger partial charge in [0.05, 0.1) is 6.04 Å². The lowest BCUT2D eigenvalue weighted by atomic mass is 10.0. The number of hydrogen-bond donors (Lipinski definition) is 1. The van der Waals surface area contributed by atoms with Gasteiger partial charge in [-0.15, -0.1) is 0 Å². The van der Waals surface area contributed by atoms with E-state index in [0.717, 1.165) is 5.65 Å². The fourth-order valence-electron chi connectivity index (χ4n) is 3.06. The molecule has 1 N–H and O–H groups in total. The molecule has 0 radical (unpaired) electrons. The molecule has 1 aliphatic heterocycles. The zero-order chi connectivity index (χ0) is 13.0. The number of H-pyrrole nitrogens is 1. The predicted molar refractivity (Wildman–Crippen MR) is 78.3 cm³/mol. The predicted octanol–water partition coefficient (Wildman–Crippen LogP) is 3.74. The first kappa shape index (κ1) is 10.6. The van der Waals surface area contributed by atoms with E-state index in [-0.39, 0.29) is 0 Å². The van der Waals surface area contributed by atoms with Gasteiger partial charge >= 0.3 is 0 Å². The third-order valence-electron chi connectivity index (χ3n) is 4.21. The van der Waals surface area contributed by atoms with Crippen molar-refractivity contribution in [2.45, 2.75) is 13.0 Å². The minimum atomic E-state index is 0.334. The molecule has 1 aliphatic rings. The van der Waals surface area contributed by atoms with Gasteiger partial charge in [-0.05, 0) is 24.6 Å². The summed E-state index contributed by atoms with van der Waals surface area (Å²) in [7, 11) is 2.15. The van der Waals surface area contributed by atoms with Crippen molar-refractivity contribution >= 4 is 16.7 Å². The Hall–Kier alpha value is -2.29. The van der Waals surface area contributed by atoms with E-state index in [2.05, 4.69) is 65.4 Å². The first-order valence-corrected chi connectivity index (χ1v) is 6.55. The lowest BCUT2D eigenvalue weighted by Crippen LogP contribution is -2.20. The van der Waals surface area contributed by atoms with E-state index in [9.17, 15) is 0 Å². The molecule has 94 valence electrons. The standard InChI is InChI=1S/C16H15N3/c1-10-13-9-18-16-15(13)12(7-8-17-16)11-5-3-4-6-14(11)19(10)2/h3-10H,1-2H3,(H,17,18). The summed E-state index contributed by atoms with van der Waals surface area (Å²) >= 11 is 0.